The highest BCUT2D eigenvalue weighted by Gasteiger charge is 2.20. The molecule has 1 aliphatic rings. The number of para-hydroxylation sites is 1. The predicted octanol–water partition coefficient (Wildman–Crippen LogP) is 4.92. The average molecular weight is 488 g/mol. The summed E-state index contributed by atoms with van der Waals surface area (Å²) >= 11 is 0. The van der Waals surface area contributed by atoms with Crippen LogP contribution < -0.4 is 5.32 Å². The number of ether oxygens (including phenoxy) is 1. The quantitative estimate of drug-likeness (QED) is 0.443. The summed E-state index contributed by atoms with van der Waals surface area (Å²) in [5.41, 5.74) is 4.87. The topological polar surface area (TPSA) is 89.4 Å². The van der Waals surface area contributed by atoms with Gasteiger partial charge in [-0.25, -0.2) is 4.79 Å². The zero-order chi connectivity index (χ0) is 25.7. The number of carbonyl (C=O) groups is 2. The van der Waals surface area contributed by atoms with Gasteiger partial charge < -0.3 is 19.5 Å². The second-order valence-electron chi connectivity index (χ2n) is 9.87. The van der Waals surface area contributed by atoms with Gasteiger partial charge in [0.25, 0.3) is 0 Å². The molecule has 0 aliphatic carbocycles. The summed E-state index contributed by atoms with van der Waals surface area (Å²) in [6, 6.07) is 14.8. The van der Waals surface area contributed by atoms with Crippen LogP contribution in [-0.4, -0.2) is 56.7 Å². The molecule has 0 saturated carbocycles. The molecule has 3 heterocycles. The summed E-state index contributed by atoms with van der Waals surface area (Å²) in [4.78, 5) is 33.5. The highest BCUT2D eigenvalue weighted by molar-refractivity contribution is 5.94. The minimum absolute atomic E-state index is 0.0227. The van der Waals surface area contributed by atoms with E-state index in [1.807, 2.05) is 12.1 Å². The van der Waals surface area contributed by atoms with E-state index in [1.165, 1.54) is 16.5 Å². The summed E-state index contributed by atoms with van der Waals surface area (Å²) < 4.78 is 7.16. The number of fused-ring (bicyclic) bond motifs is 2. The molecule has 8 nitrogen and oxygen atoms in total. The van der Waals surface area contributed by atoms with E-state index in [0.29, 0.717) is 0 Å². The van der Waals surface area contributed by atoms with Crippen molar-refractivity contribution in [2.24, 2.45) is 7.05 Å². The Morgan fingerprint density at radius 2 is 1.78 bits per heavy atom. The van der Waals surface area contributed by atoms with Crippen molar-refractivity contribution in [3.63, 3.8) is 0 Å². The molecule has 2 aromatic carbocycles. The second kappa shape index (κ2) is 10.8. The summed E-state index contributed by atoms with van der Waals surface area (Å²) in [6.07, 6.45) is 7.12. The van der Waals surface area contributed by atoms with Crippen molar-refractivity contribution in [3.05, 3.63) is 61.1 Å². The number of aryl methyl sites for hydroxylation is 1. The maximum Gasteiger partial charge on any atom is 0.408 e. The van der Waals surface area contributed by atoms with Crippen LogP contribution in [0.5, 0.6) is 0 Å². The average Bonchev–Trinajstić information content (AvgIpc) is 3.52. The fourth-order valence-corrected chi connectivity index (χ4v) is 4.20. The fraction of sp³-hybridized carbons (Fsp3) is 0.357. The molecule has 1 fully saturated rings. The number of nitrogens with one attached hydrogen (secondary N) is 1. The largest absolute Gasteiger partial charge is 0.444 e. The van der Waals surface area contributed by atoms with Crippen LogP contribution in [0.2, 0.25) is 0 Å². The molecule has 1 saturated heterocycles. The Kier molecular flexibility index (Phi) is 7.52. The van der Waals surface area contributed by atoms with Gasteiger partial charge in [-0.2, -0.15) is 0 Å². The number of hydrogen-bond donors (Lipinski definition) is 1. The van der Waals surface area contributed by atoms with Crippen LogP contribution in [0.1, 0.15) is 33.6 Å². The van der Waals surface area contributed by atoms with E-state index in [2.05, 4.69) is 63.4 Å². The zero-order valence-electron chi connectivity index (χ0n) is 21.3. The molecule has 188 valence electrons. The van der Waals surface area contributed by atoms with Crippen LogP contribution in [0.25, 0.3) is 33.1 Å². The molecule has 1 N–H and O–H groups in total. The number of benzene rings is 2. The van der Waals surface area contributed by atoms with Gasteiger partial charge in [0.1, 0.15) is 12.1 Å². The highest BCUT2D eigenvalue weighted by atomic mass is 16.6. The van der Waals surface area contributed by atoms with Gasteiger partial charge >= 0.3 is 6.09 Å². The first-order valence-electron chi connectivity index (χ1n) is 12.2. The monoisotopic (exact) mass is 487 g/mol. The molecule has 8 heteroatoms. The van der Waals surface area contributed by atoms with Crippen molar-refractivity contribution in [1.29, 1.82) is 0 Å². The van der Waals surface area contributed by atoms with Crippen LogP contribution in [0.15, 0.2) is 61.1 Å². The van der Waals surface area contributed by atoms with E-state index in [0.717, 1.165) is 42.5 Å². The van der Waals surface area contributed by atoms with E-state index >= 15 is 0 Å². The van der Waals surface area contributed by atoms with Crippen molar-refractivity contribution in [1.82, 2.24) is 24.8 Å². The minimum atomic E-state index is -0.542. The Bertz CT molecular complexity index is 1360. The van der Waals surface area contributed by atoms with Crippen LogP contribution in [0, 0.1) is 0 Å². The summed E-state index contributed by atoms with van der Waals surface area (Å²) in [5, 5.41) is 3.72. The number of rotatable bonds is 3. The van der Waals surface area contributed by atoms with E-state index in [9.17, 15) is 9.59 Å². The molecule has 4 aromatic rings. The third kappa shape index (κ3) is 6.19. The van der Waals surface area contributed by atoms with Crippen LogP contribution in [0.3, 0.4) is 0 Å². The fourth-order valence-electron chi connectivity index (χ4n) is 4.20. The van der Waals surface area contributed by atoms with Crippen molar-refractivity contribution in [3.8, 4) is 11.1 Å². The van der Waals surface area contributed by atoms with E-state index in [-0.39, 0.29) is 12.5 Å². The molecule has 0 atom stereocenters. The number of carbonyl (C=O) groups excluding carboxylic acids is 2. The number of hydrogen-bond acceptors (Lipinski definition) is 5. The van der Waals surface area contributed by atoms with Gasteiger partial charge in [0.05, 0.1) is 11.0 Å². The third-order valence-electron chi connectivity index (χ3n) is 5.94. The summed E-state index contributed by atoms with van der Waals surface area (Å²) in [5.74, 6) is -0.0386. The molecule has 0 spiro atoms. The molecule has 0 unspecified atom stereocenters. The summed E-state index contributed by atoms with van der Waals surface area (Å²) in [6.45, 7) is 6.98. The van der Waals surface area contributed by atoms with Crippen molar-refractivity contribution in [2.45, 2.75) is 39.2 Å². The maximum absolute atomic E-state index is 11.6. The number of aromatic nitrogens is 3. The number of amides is 2. The lowest BCUT2D eigenvalue weighted by molar-refractivity contribution is -0.129. The Hall–Kier alpha value is -3.94. The highest BCUT2D eigenvalue weighted by Crippen LogP contribution is 2.29. The molecular formula is C28H33N5O3. The molecular weight excluding hydrogens is 454 g/mol. The van der Waals surface area contributed by atoms with Gasteiger partial charge in [0.2, 0.25) is 5.91 Å². The Balaban J connectivity index is 0.000000175. The first-order chi connectivity index (χ1) is 17.2. The van der Waals surface area contributed by atoms with Gasteiger partial charge in [0.15, 0.2) is 0 Å². The number of nitrogens with zero attached hydrogens (tertiary/aromatic N) is 4. The molecule has 0 radical (unpaired) electrons. The summed E-state index contributed by atoms with van der Waals surface area (Å²) in [7, 11) is 2.06. The Morgan fingerprint density at radius 3 is 2.53 bits per heavy atom. The Morgan fingerprint density at radius 1 is 1.03 bits per heavy atom. The van der Waals surface area contributed by atoms with Crippen LogP contribution in [-0.2, 0) is 16.6 Å². The van der Waals surface area contributed by atoms with Gasteiger partial charge in [-0.3, -0.25) is 14.8 Å². The SMILES string of the molecule is CC(C)(C)OC(=O)NCC(=O)N1CCCC1.Cn1ccc2ccc(-c3cccc4nccnc34)cc21. The van der Waals surface area contributed by atoms with Crippen LogP contribution in [0.4, 0.5) is 4.79 Å². The van der Waals surface area contributed by atoms with Gasteiger partial charge in [-0.1, -0.05) is 24.3 Å². The molecule has 1 aliphatic heterocycles. The van der Waals surface area contributed by atoms with E-state index in [4.69, 9.17) is 4.74 Å². The van der Waals surface area contributed by atoms with Crippen molar-refractivity contribution < 1.29 is 14.3 Å². The minimum Gasteiger partial charge on any atom is -0.444 e. The smallest absolute Gasteiger partial charge is 0.408 e. The first-order valence-corrected chi connectivity index (χ1v) is 12.2. The lowest BCUT2D eigenvalue weighted by Crippen LogP contribution is -2.40. The number of likely N-dealkylation sites (tertiary alicyclic amines) is 1. The molecule has 2 aromatic heterocycles. The van der Waals surface area contributed by atoms with E-state index in [1.54, 1.807) is 38.1 Å². The molecule has 36 heavy (non-hydrogen) atoms. The lowest BCUT2D eigenvalue weighted by atomic mass is 10.0. The van der Waals surface area contributed by atoms with Crippen LogP contribution >= 0.6 is 0 Å². The molecule has 0 bridgehead atoms. The van der Waals surface area contributed by atoms with Gasteiger partial charge in [-0.05, 0) is 62.8 Å². The van der Waals surface area contributed by atoms with E-state index < -0.39 is 11.7 Å². The van der Waals surface area contributed by atoms with Crippen molar-refractivity contribution >= 4 is 33.9 Å². The number of alkyl carbamates (subject to hydrolysis) is 1. The van der Waals surface area contributed by atoms with Crippen molar-refractivity contribution in [2.75, 3.05) is 19.6 Å². The molecule has 2 amide bonds. The zero-order valence-corrected chi connectivity index (χ0v) is 21.3. The van der Waals surface area contributed by atoms with Gasteiger partial charge in [0, 0.05) is 49.8 Å². The third-order valence-corrected chi connectivity index (χ3v) is 5.94. The second-order valence-corrected chi connectivity index (χ2v) is 9.87. The standard InChI is InChI=1S/C17H13N3.C11H20N2O3/c1-20-10-7-12-5-6-13(11-16(12)20)14-3-2-4-15-17(14)19-9-8-18-15;1-11(2,3)16-10(15)12-8-9(14)13-6-4-5-7-13/h2-11H,1H3;4-8H2,1-3H3,(H,12,15). The normalized spacial score (nSPS) is 13.4. The lowest BCUT2D eigenvalue weighted by Gasteiger charge is -2.20. The maximum atomic E-state index is 11.6. The van der Waals surface area contributed by atoms with Gasteiger partial charge in [-0.15, -0.1) is 0 Å². The molecule has 5 rings (SSSR count). The first kappa shape index (κ1) is 25.2. The Labute approximate surface area is 211 Å². The predicted molar refractivity (Wildman–Crippen MR) is 142 cm³/mol.